The van der Waals surface area contributed by atoms with Gasteiger partial charge in [0.25, 0.3) is 0 Å². The molecule has 1 atom stereocenters. The predicted molar refractivity (Wildman–Crippen MR) is 79.0 cm³/mol. The zero-order valence-corrected chi connectivity index (χ0v) is 12.7. The molecule has 1 rings (SSSR count). The van der Waals surface area contributed by atoms with Crippen molar-refractivity contribution in [2.75, 3.05) is 39.3 Å². The topological polar surface area (TPSA) is 61.6 Å². The van der Waals surface area contributed by atoms with Crippen molar-refractivity contribution in [1.29, 1.82) is 0 Å². The molecule has 0 bridgehead atoms. The molecular weight excluding hydrogens is 240 g/mol. The highest BCUT2D eigenvalue weighted by molar-refractivity contribution is 5.79. The standard InChI is InChI=1S/C14H30N4O/c1-4-6-16-13(14(15)19)5-7-17-8-10-18(11-9-17)12(2)3/h12-13,16H,4-11H2,1-3H3,(H2,15,19). The van der Waals surface area contributed by atoms with Gasteiger partial charge < -0.3 is 16.0 Å². The Labute approximate surface area is 117 Å². The SMILES string of the molecule is CCCNC(CCN1CCN(C(C)C)CC1)C(N)=O. The average molecular weight is 270 g/mol. The molecule has 0 aromatic carbocycles. The van der Waals surface area contributed by atoms with Crippen LogP contribution in [0.4, 0.5) is 0 Å². The zero-order chi connectivity index (χ0) is 14.3. The van der Waals surface area contributed by atoms with Crippen LogP contribution in [0.1, 0.15) is 33.6 Å². The van der Waals surface area contributed by atoms with Gasteiger partial charge in [0, 0.05) is 38.8 Å². The van der Waals surface area contributed by atoms with E-state index >= 15 is 0 Å². The molecule has 0 radical (unpaired) electrons. The van der Waals surface area contributed by atoms with Crippen LogP contribution in [0.5, 0.6) is 0 Å². The number of hydrogen-bond acceptors (Lipinski definition) is 4. The van der Waals surface area contributed by atoms with E-state index in [1.54, 1.807) is 0 Å². The third-order valence-corrected chi connectivity index (χ3v) is 3.86. The largest absolute Gasteiger partial charge is 0.368 e. The van der Waals surface area contributed by atoms with Crippen molar-refractivity contribution >= 4 is 5.91 Å². The molecule has 0 aromatic heterocycles. The van der Waals surface area contributed by atoms with Gasteiger partial charge in [0.1, 0.15) is 0 Å². The third-order valence-electron chi connectivity index (χ3n) is 3.86. The van der Waals surface area contributed by atoms with Crippen molar-refractivity contribution in [2.24, 2.45) is 5.73 Å². The molecule has 3 N–H and O–H groups in total. The monoisotopic (exact) mass is 270 g/mol. The summed E-state index contributed by atoms with van der Waals surface area (Å²) in [5, 5.41) is 3.22. The predicted octanol–water partition coefficient (Wildman–Crippen LogP) is 0.256. The van der Waals surface area contributed by atoms with Gasteiger partial charge in [-0.3, -0.25) is 9.69 Å². The lowest BCUT2D eigenvalue weighted by atomic mass is 10.1. The molecule has 1 aliphatic heterocycles. The van der Waals surface area contributed by atoms with E-state index in [9.17, 15) is 4.79 Å². The number of rotatable bonds is 8. The van der Waals surface area contributed by atoms with Gasteiger partial charge in [-0.2, -0.15) is 0 Å². The number of carbonyl (C=O) groups excluding carboxylic acids is 1. The van der Waals surface area contributed by atoms with Crippen molar-refractivity contribution in [1.82, 2.24) is 15.1 Å². The summed E-state index contributed by atoms with van der Waals surface area (Å²) in [4.78, 5) is 16.3. The van der Waals surface area contributed by atoms with Gasteiger partial charge in [-0.25, -0.2) is 0 Å². The van der Waals surface area contributed by atoms with E-state index in [1.807, 2.05) is 0 Å². The molecule has 0 spiro atoms. The van der Waals surface area contributed by atoms with Crippen LogP contribution in [0.15, 0.2) is 0 Å². The first-order valence-corrected chi connectivity index (χ1v) is 7.53. The molecular formula is C14H30N4O. The molecule has 112 valence electrons. The fraction of sp³-hybridized carbons (Fsp3) is 0.929. The lowest BCUT2D eigenvalue weighted by Gasteiger charge is -2.37. The Balaban J connectivity index is 2.26. The van der Waals surface area contributed by atoms with Crippen molar-refractivity contribution in [2.45, 2.75) is 45.7 Å². The van der Waals surface area contributed by atoms with Crippen LogP contribution in [-0.2, 0) is 4.79 Å². The lowest BCUT2D eigenvalue weighted by Crippen LogP contribution is -2.50. The third kappa shape index (κ3) is 5.89. The number of nitrogens with two attached hydrogens (primary N) is 1. The minimum absolute atomic E-state index is 0.178. The fourth-order valence-corrected chi connectivity index (χ4v) is 2.48. The minimum atomic E-state index is -0.228. The van der Waals surface area contributed by atoms with Crippen molar-refractivity contribution in [3.63, 3.8) is 0 Å². The normalized spacial score (nSPS) is 19.8. The highest BCUT2D eigenvalue weighted by atomic mass is 16.1. The Morgan fingerprint density at radius 3 is 2.37 bits per heavy atom. The lowest BCUT2D eigenvalue weighted by molar-refractivity contribution is -0.120. The molecule has 0 aromatic rings. The maximum atomic E-state index is 11.4. The summed E-state index contributed by atoms with van der Waals surface area (Å²) in [6.45, 7) is 12.8. The van der Waals surface area contributed by atoms with Gasteiger partial charge in [-0.15, -0.1) is 0 Å². The summed E-state index contributed by atoms with van der Waals surface area (Å²) >= 11 is 0. The van der Waals surface area contributed by atoms with E-state index in [0.717, 1.165) is 52.1 Å². The minimum Gasteiger partial charge on any atom is -0.368 e. The summed E-state index contributed by atoms with van der Waals surface area (Å²) in [5.74, 6) is -0.228. The summed E-state index contributed by atoms with van der Waals surface area (Å²) < 4.78 is 0. The van der Waals surface area contributed by atoms with Crippen LogP contribution in [0, 0.1) is 0 Å². The second-order valence-electron chi connectivity index (χ2n) is 5.67. The molecule has 1 unspecified atom stereocenters. The number of hydrogen-bond donors (Lipinski definition) is 2. The second-order valence-corrected chi connectivity index (χ2v) is 5.67. The Morgan fingerprint density at radius 1 is 1.26 bits per heavy atom. The number of carbonyl (C=O) groups is 1. The van der Waals surface area contributed by atoms with Crippen LogP contribution in [-0.4, -0.2) is 67.1 Å². The number of piperazine rings is 1. The van der Waals surface area contributed by atoms with Gasteiger partial charge in [-0.1, -0.05) is 6.92 Å². The first-order valence-electron chi connectivity index (χ1n) is 7.53. The van der Waals surface area contributed by atoms with E-state index in [1.165, 1.54) is 0 Å². The Bertz CT molecular complexity index is 262. The first-order chi connectivity index (χ1) is 9.04. The highest BCUT2D eigenvalue weighted by Crippen LogP contribution is 2.07. The summed E-state index contributed by atoms with van der Waals surface area (Å²) in [5.41, 5.74) is 5.43. The van der Waals surface area contributed by atoms with Crippen molar-refractivity contribution < 1.29 is 4.79 Å². The Morgan fingerprint density at radius 2 is 1.89 bits per heavy atom. The molecule has 1 heterocycles. The Kier molecular flexibility index (Phi) is 7.34. The summed E-state index contributed by atoms with van der Waals surface area (Å²) in [6.07, 6.45) is 1.84. The van der Waals surface area contributed by atoms with E-state index in [4.69, 9.17) is 5.73 Å². The fourth-order valence-electron chi connectivity index (χ4n) is 2.48. The molecule has 0 aliphatic carbocycles. The van der Waals surface area contributed by atoms with Gasteiger partial charge in [0.2, 0.25) is 5.91 Å². The molecule has 1 saturated heterocycles. The molecule has 1 amide bonds. The van der Waals surface area contributed by atoms with Crippen LogP contribution >= 0.6 is 0 Å². The van der Waals surface area contributed by atoms with E-state index in [0.29, 0.717) is 6.04 Å². The molecule has 19 heavy (non-hydrogen) atoms. The second kappa shape index (κ2) is 8.51. The molecule has 0 saturated carbocycles. The van der Waals surface area contributed by atoms with Crippen molar-refractivity contribution in [3.05, 3.63) is 0 Å². The van der Waals surface area contributed by atoms with Crippen LogP contribution in [0.2, 0.25) is 0 Å². The van der Waals surface area contributed by atoms with Gasteiger partial charge in [0.05, 0.1) is 6.04 Å². The molecule has 1 fully saturated rings. The number of amides is 1. The zero-order valence-electron chi connectivity index (χ0n) is 12.7. The maximum absolute atomic E-state index is 11.4. The number of nitrogens with one attached hydrogen (secondary N) is 1. The van der Waals surface area contributed by atoms with E-state index < -0.39 is 0 Å². The maximum Gasteiger partial charge on any atom is 0.234 e. The molecule has 5 heteroatoms. The van der Waals surface area contributed by atoms with Gasteiger partial charge in [-0.05, 0) is 33.2 Å². The van der Waals surface area contributed by atoms with Crippen LogP contribution in [0.3, 0.4) is 0 Å². The molecule has 1 aliphatic rings. The smallest absolute Gasteiger partial charge is 0.234 e. The summed E-state index contributed by atoms with van der Waals surface area (Å²) in [7, 11) is 0. The van der Waals surface area contributed by atoms with Crippen LogP contribution < -0.4 is 11.1 Å². The van der Waals surface area contributed by atoms with E-state index in [-0.39, 0.29) is 11.9 Å². The van der Waals surface area contributed by atoms with Gasteiger partial charge in [0.15, 0.2) is 0 Å². The Hall–Kier alpha value is -0.650. The number of primary amides is 1. The van der Waals surface area contributed by atoms with Gasteiger partial charge >= 0.3 is 0 Å². The van der Waals surface area contributed by atoms with Crippen LogP contribution in [0.25, 0.3) is 0 Å². The first kappa shape index (κ1) is 16.4. The quantitative estimate of drug-likeness (QED) is 0.664. The number of nitrogens with zero attached hydrogens (tertiary/aromatic N) is 2. The van der Waals surface area contributed by atoms with Crippen molar-refractivity contribution in [3.8, 4) is 0 Å². The average Bonchev–Trinajstić information content (AvgIpc) is 2.39. The molecule has 5 nitrogen and oxygen atoms in total. The highest BCUT2D eigenvalue weighted by Gasteiger charge is 2.20. The summed E-state index contributed by atoms with van der Waals surface area (Å²) in [6, 6.07) is 0.454. The van der Waals surface area contributed by atoms with E-state index in [2.05, 4.69) is 35.9 Å².